The zero-order valence-corrected chi connectivity index (χ0v) is 13.4. The first kappa shape index (κ1) is 17.1. The standard InChI is InChI=1S/C17H11F3N2O2S/c18-17(19,20)13-4-2-1-3-11(13)14-7-9-5-6-10(21-16(24)25)8-12(9)15(23)22-14/h1-8H,(H,22,23)(H2,21,24,25). The first-order valence-corrected chi connectivity index (χ1v) is 7.54. The first-order chi connectivity index (χ1) is 11.8. The minimum atomic E-state index is -4.54. The fraction of sp³-hybridized carbons (Fsp3) is 0.0588. The van der Waals surface area contributed by atoms with Gasteiger partial charge in [-0.2, -0.15) is 13.2 Å². The number of amides is 1. The number of pyridine rings is 1. The number of benzene rings is 2. The molecule has 4 nitrogen and oxygen atoms in total. The molecule has 0 saturated carbocycles. The van der Waals surface area contributed by atoms with Crippen LogP contribution < -0.4 is 10.9 Å². The number of hydrogen-bond acceptors (Lipinski definition) is 2. The van der Waals surface area contributed by atoms with E-state index in [1.54, 1.807) is 6.07 Å². The molecule has 3 aromatic rings. The second kappa shape index (κ2) is 6.29. The van der Waals surface area contributed by atoms with E-state index in [2.05, 4.69) is 22.9 Å². The maximum absolute atomic E-state index is 13.2. The van der Waals surface area contributed by atoms with Gasteiger partial charge in [0, 0.05) is 22.3 Å². The lowest BCUT2D eigenvalue weighted by molar-refractivity contribution is -0.137. The molecule has 0 saturated heterocycles. The summed E-state index contributed by atoms with van der Waals surface area (Å²) in [5.74, 6) is 0. The Morgan fingerprint density at radius 1 is 1.08 bits per heavy atom. The Hall–Kier alpha value is -2.74. The molecule has 0 fully saturated rings. The Kier molecular flexibility index (Phi) is 4.30. The predicted molar refractivity (Wildman–Crippen MR) is 93.0 cm³/mol. The highest BCUT2D eigenvalue weighted by atomic mass is 32.1. The number of anilines is 1. The second-order valence-corrected chi connectivity index (χ2v) is 5.69. The summed E-state index contributed by atoms with van der Waals surface area (Å²) in [6.45, 7) is 0. The van der Waals surface area contributed by atoms with Gasteiger partial charge in [-0.1, -0.05) is 36.9 Å². The molecule has 0 bridgehead atoms. The van der Waals surface area contributed by atoms with Gasteiger partial charge in [-0.15, -0.1) is 0 Å². The molecule has 8 heteroatoms. The van der Waals surface area contributed by atoms with Crippen molar-refractivity contribution < 1.29 is 18.0 Å². The van der Waals surface area contributed by atoms with Gasteiger partial charge in [0.2, 0.25) is 0 Å². The molecule has 0 aliphatic carbocycles. The minimum Gasteiger partial charge on any atom is -0.321 e. The van der Waals surface area contributed by atoms with Crippen LogP contribution in [0.3, 0.4) is 0 Å². The van der Waals surface area contributed by atoms with Crippen LogP contribution in [0.25, 0.3) is 22.0 Å². The number of thiol groups is 1. The minimum absolute atomic E-state index is 0.0661. The maximum Gasteiger partial charge on any atom is 0.417 e. The van der Waals surface area contributed by atoms with Crippen molar-refractivity contribution in [1.29, 1.82) is 0 Å². The fourth-order valence-electron chi connectivity index (χ4n) is 2.57. The Morgan fingerprint density at radius 2 is 1.80 bits per heavy atom. The van der Waals surface area contributed by atoms with Gasteiger partial charge < -0.3 is 10.3 Å². The highest BCUT2D eigenvalue weighted by Gasteiger charge is 2.33. The van der Waals surface area contributed by atoms with Crippen molar-refractivity contribution >= 4 is 34.3 Å². The number of fused-ring (bicyclic) bond motifs is 1. The quantitative estimate of drug-likeness (QED) is 0.579. The number of rotatable bonds is 2. The van der Waals surface area contributed by atoms with E-state index in [-0.39, 0.29) is 16.6 Å². The number of H-pyrrole nitrogens is 1. The molecule has 0 aliphatic heterocycles. The molecule has 3 rings (SSSR count). The number of aromatic nitrogens is 1. The highest BCUT2D eigenvalue weighted by Crippen LogP contribution is 2.36. The van der Waals surface area contributed by atoms with Gasteiger partial charge in [-0.05, 0) is 29.7 Å². The van der Waals surface area contributed by atoms with Crippen molar-refractivity contribution in [3.63, 3.8) is 0 Å². The lowest BCUT2D eigenvalue weighted by Crippen LogP contribution is -2.11. The number of hydrogen-bond donors (Lipinski definition) is 3. The Balaban J connectivity index is 2.18. The number of nitrogens with one attached hydrogen (secondary N) is 2. The van der Waals surface area contributed by atoms with Crippen LogP contribution in [0, 0.1) is 0 Å². The Labute approximate surface area is 145 Å². The molecular weight excluding hydrogens is 353 g/mol. The van der Waals surface area contributed by atoms with Crippen molar-refractivity contribution in [2.75, 3.05) is 5.32 Å². The van der Waals surface area contributed by atoms with Gasteiger partial charge in [0.25, 0.3) is 10.8 Å². The molecule has 0 atom stereocenters. The summed E-state index contributed by atoms with van der Waals surface area (Å²) in [5, 5.41) is 2.53. The second-order valence-electron chi connectivity index (χ2n) is 5.29. The number of carbonyl (C=O) groups excluding carboxylic acids is 1. The van der Waals surface area contributed by atoms with Crippen LogP contribution in [0.2, 0.25) is 0 Å². The largest absolute Gasteiger partial charge is 0.417 e. The summed E-state index contributed by atoms with van der Waals surface area (Å²) in [6.07, 6.45) is -4.54. The monoisotopic (exact) mass is 364 g/mol. The van der Waals surface area contributed by atoms with Crippen molar-refractivity contribution in [1.82, 2.24) is 4.98 Å². The van der Waals surface area contributed by atoms with Crippen LogP contribution >= 0.6 is 12.6 Å². The van der Waals surface area contributed by atoms with E-state index >= 15 is 0 Å². The average Bonchev–Trinajstić information content (AvgIpc) is 2.54. The zero-order chi connectivity index (χ0) is 18.2. The molecule has 0 spiro atoms. The summed E-state index contributed by atoms with van der Waals surface area (Å²) in [6, 6.07) is 11.0. The van der Waals surface area contributed by atoms with Crippen LogP contribution in [-0.2, 0) is 6.18 Å². The number of aromatic amines is 1. The van der Waals surface area contributed by atoms with E-state index in [9.17, 15) is 22.8 Å². The first-order valence-electron chi connectivity index (χ1n) is 7.09. The zero-order valence-electron chi connectivity index (χ0n) is 12.5. The van der Waals surface area contributed by atoms with Crippen molar-refractivity contribution in [2.45, 2.75) is 6.18 Å². The summed E-state index contributed by atoms with van der Waals surface area (Å²) in [5.41, 5.74) is -1.07. The molecule has 1 aromatic heterocycles. The van der Waals surface area contributed by atoms with Crippen LogP contribution in [0.5, 0.6) is 0 Å². The van der Waals surface area contributed by atoms with E-state index in [0.717, 1.165) is 6.07 Å². The summed E-state index contributed by atoms with van der Waals surface area (Å²) < 4.78 is 39.6. The lowest BCUT2D eigenvalue weighted by atomic mass is 10.0. The van der Waals surface area contributed by atoms with E-state index in [1.165, 1.54) is 36.4 Å². The van der Waals surface area contributed by atoms with Crippen molar-refractivity contribution in [2.24, 2.45) is 0 Å². The van der Waals surface area contributed by atoms with Gasteiger partial charge in [-0.3, -0.25) is 9.59 Å². The van der Waals surface area contributed by atoms with Crippen molar-refractivity contribution in [3.05, 3.63) is 64.4 Å². The van der Waals surface area contributed by atoms with Crippen LogP contribution in [0.15, 0.2) is 53.3 Å². The Morgan fingerprint density at radius 3 is 2.48 bits per heavy atom. The molecule has 1 heterocycles. The fourth-order valence-corrected chi connectivity index (χ4v) is 2.70. The Bertz CT molecular complexity index is 1030. The molecule has 0 unspecified atom stereocenters. The topological polar surface area (TPSA) is 62.0 Å². The molecule has 2 N–H and O–H groups in total. The van der Waals surface area contributed by atoms with E-state index in [1.807, 2.05) is 0 Å². The third-order valence-corrected chi connectivity index (χ3v) is 3.73. The van der Waals surface area contributed by atoms with Crippen LogP contribution in [0.1, 0.15) is 5.56 Å². The van der Waals surface area contributed by atoms with Gasteiger partial charge >= 0.3 is 6.18 Å². The SMILES string of the molecule is O=C(S)Nc1ccc2cc(-c3ccccc3C(F)(F)F)[nH]c(=O)c2c1. The summed E-state index contributed by atoms with van der Waals surface area (Å²) >= 11 is 3.59. The third-order valence-electron chi connectivity index (χ3n) is 3.62. The van der Waals surface area contributed by atoms with Gasteiger partial charge in [0.15, 0.2) is 0 Å². The smallest absolute Gasteiger partial charge is 0.321 e. The van der Waals surface area contributed by atoms with E-state index in [0.29, 0.717) is 11.1 Å². The van der Waals surface area contributed by atoms with E-state index < -0.39 is 22.5 Å². The van der Waals surface area contributed by atoms with Crippen LogP contribution in [0.4, 0.5) is 23.7 Å². The predicted octanol–water partition coefficient (Wildman–Crippen LogP) is 4.68. The molecule has 25 heavy (non-hydrogen) atoms. The van der Waals surface area contributed by atoms with Crippen molar-refractivity contribution in [3.8, 4) is 11.3 Å². The molecule has 0 radical (unpaired) electrons. The molecule has 1 amide bonds. The average molecular weight is 364 g/mol. The third kappa shape index (κ3) is 3.53. The summed E-state index contributed by atoms with van der Waals surface area (Å²) in [4.78, 5) is 25.7. The van der Waals surface area contributed by atoms with Gasteiger partial charge in [-0.25, -0.2) is 0 Å². The lowest BCUT2D eigenvalue weighted by Gasteiger charge is -2.13. The molecule has 2 aromatic carbocycles. The van der Waals surface area contributed by atoms with Crippen LogP contribution in [-0.4, -0.2) is 10.2 Å². The maximum atomic E-state index is 13.2. The number of alkyl halides is 3. The molecular formula is C17H11F3N2O2S. The van der Waals surface area contributed by atoms with Gasteiger partial charge in [0.1, 0.15) is 0 Å². The normalized spacial score (nSPS) is 11.5. The van der Waals surface area contributed by atoms with E-state index in [4.69, 9.17) is 0 Å². The summed E-state index contributed by atoms with van der Waals surface area (Å²) in [7, 11) is 0. The highest BCUT2D eigenvalue weighted by molar-refractivity contribution is 7.96. The number of halogens is 3. The number of carbonyl (C=O) groups is 1. The molecule has 0 aliphatic rings. The molecule has 128 valence electrons. The van der Waals surface area contributed by atoms with Gasteiger partial charge in [0.05, 0.1) is 5.56 Å².